The molecule has 0 bridgehead atoms. The topological polar surface area (TPSA) is 34.1 Å². The Morgan fingerprint density at radius 3 is 2.24 bits per heavy atom. The van der Waals surface area contributed by atoms with Crippen molar-refractivity contribution in [1.29, 1.82) is 0 Å². The number of sulfone groups is 1. The van der Waals surface area contributed by atoms with Gasteiger partial charge in [0.1, 0.15) is 0 Å². The number of benzene rings is 1. The van der Waals surface area contributed by atoms with E-state index in [9.17, 15) is 8.42 Å². The Balaban J connectivity index is 2.80. The van der Waals surface area contributed by atoms with E-state index in [1.807, 2.05) is 13.0 Å². The predicted octanol–water partition coefficient (Wildman–Crippen LogP) is 3.82. The maximum Gasteiger partial charge on any atom is 0.181 e. The molecule has 1 atom stereocenters. The molecule has 2 nitrogen and oxygen atoms in total. The summed E-state index contributed by atoms with van der Waals surface area (Å²) in [6, 6.07) is 8.80. The summed E-state index contributed by atoms with van der Waals surface area (Å²) < 4.78 is 24.7. The van der Waals surface area contributed by atoms with E-state index in [0.29, 0.717) is 11.3 Å². The summed E-state index contributed by atoms with van der Waals surface area (Å²) in [5, 5.41) is -0.226. The van der Waals surface area contributed by atoms with Gasteiger partial charge in [-0.15, -0.1) is 0 Å². The van der Waals surface area contributed by atoms with Gasteiger partial charge in [0.05, 0.1) is 10.1 Å². The van der Waals surface area contributed by atoms with Crippen molar-refractivity contribution in [3.63, 3.8) is 0 Å². The van der Waals surface area contributed by atoms with Crippen molar-refractivity contribution in [2.45, 2.75) is 56.1 Å². The van der Waals surface area contributed by atoms with Gasteiger partial charge >= 0.3 is 0 Å². The first-order valence-electron chi connectivity index (χ1n) is 6.41. The lowest BCUT2D eigenvalue weighted by Gasteiger charge is -2.15. The molecule has 0 saturated heterocycles. The molecule has 0 spiro atoms. The summed E-state index contributed by atoms with van der Waals surface area (Å²) in [5.74, 6) is 0. The summed E-state index contributed by atoms with van der Waals surface area (Å²) >= 11 is 0. The van der Waals surface area contributed by atoms with Gasteiger partial charge < -0.3 is 0 Å². The molecule has 0 N–H and O–H groups in total. The van der Waals surface area contributed by atoms with Crippen LogP contribution in [0.3, 0.4) is 0 Å². The third kappa shape index (κ3) is 3.84. The van der Waals surface area contributed by atoms with Crippen LogP contribution in [0.2, 0.25) is 0 Å². The van der Waals surface area contributed by atoms with E-state index < -0.39 is 9.84 Å². The zero-order valence-corrected chi connectivity index (χ0v) is 11.5. The van der Waals surface area contributed by atoms with Crippen LogP contribution in [0.15, 0.2) is 35.2 Å². The molecule has 1 aromatic rings. The molecule has 0 aliphatic heterocycles. The van der Waals surface area contributed by atoms with Gasteiger partial charge in [0.2, 0.25) is 0 Å². The molecule has 1 unspecified atom stereocenters. The van der Waals surface area contributed by atoms with Crippen molar-refractivity contribution in [3.05, 3.63) is 30.3 Å². The molecule has 0 aliphatic carbocycles. The molecule has 0 radical (unpaired) electrons. The van der Waals surface area contributed by atoms with Crippen LogP contribution in [-0.4, -0.2) is 13.7 Å². The van der Waals surface area contributed by atoms with E-state index in [0.717, 1.165) is 25.7 Å². The minimum Gasteiger partial charge on any atom is -0.223 e. The van der Waals surface area contributed by atoms with E-state index in [4.69, 9.17) is 0 Å². The highest BCUT2D eigenvalue weighted by atomic mass is 32.2. The first-order valence-corrected chi connectivity index (χ1v) is 7.96. The Hall–Kier alpha value is -0.830. The zero-order valence-electron chi connectivity index (χ0n) is 10.7. The second kappa shape index (κ2) is 6.80. The van der Waals surface area contributed by atoms with Crippen molar-refractivity contribution in [1.82, 2.24) is 0 Å². The van der Waals surface area contributed by atoms with Gasteiger partial charge in [-0.3, -0.25) is 0 Å². The van der Waals surface area contributed by atoms with Crippen molar-refractivity contribution >= 4 is 9.84 Å². The standard InChI is InChI=1S/C14H22O2S/c1-3-5-7-10-13(4-2)17(15,16)14-11-8-6-9-12-14/h6,8-9,11-13H,3-5,7,10H2,1-2H3. The van der Waals surface area contributed by atoms with Gasteiger partial charge in [0.25, 0.3) is 0 Å². The molecule has 0 fully saturated rings. The van der Waals surface area contributed by atoms with Gasteiger partial charge in [-0.05, 0) is 25.0 Å². The molecule has 0 aliphatic rings. The van der Waals surface area contributed by atoms with Gasteiger partial charge in [-0.25, -0.2) is 8.42 Å². The molecule has 0 saturated carbocycles. The number of unbranched alkanes of at least 4 members (excludes halogenated alkanes) is 2. The molecular weight excluding hydrogens is 232 g/mol. The van der Waals surface area contributed by atoms with Crippen LogP contribution < -0.4 is 0 Å². The average molecular weight is 254 g/mol. The maximum atomic E-state index is 12.4. The summed E-state index contributed by atoms with van der Waals surface area (Å²) in [7, 11) is -3.13. The number of hydrogen-bond acceptors (Lipinski definition) is 2. The average Bonchev–Trinajstić information content (AvgIpc) is 2.35. The van der Waals surface area contributed by atoms with Crippen molar-refractivity contribution in [2.75, 3.05) is 0 Å². The SMILES string of the molecule is CCCCCC(CC)S(=O)(=O)c1ccccc1. The molecule has 1 aromatic carbocycles. The van der Waals surface area contributed by atoms with E-state index >= 15 is 0 Å². The first kappa shape index (κ1) is 14.2. The fourth-order valence-electron chi connectivity index (χ4n) is 2.00. The summed E-state index contributed by atoms with van der Waals surface area (Å²) in [4.78, 5) is 0.461. The van der Waals surface area contributed by atoms with E-state index in [2.05, 4.69) is 6.92 Å². The predicted molar refractivity (Wildman–Crippen MR) is 71.8 cm³/mol. The van der Waals surface area contributed by atoms with Crippen molar-refractivity contribution in [3.8, 4) is 0 Å². The lowest BCUT2D eigenvalue weighted by Crippen LogP contribution is -2.20. The van der Waals surface area contributed by atoms with Crippen LogP contribution in [0.4, 0.5) is 0 Å². The number of hydrogen-bond donors (Lipinski definition) is 0. The van der Waals surface area contributed by atoms with Gasteiger partial charge in [0, 0.05) is 0 Å². The molecule has 0 aromatic heterocycles. The van der Waals surface area contributed by atoms with Gasteiger partial charge in [-0.1, -0.05) is 51.3 Å². The monoisotopic (exact) mass is 254 g/mol. The Morgan fingerprint density at radius 2 is 1.71 bits per heavy atom. The molecule has 3 heteroatoms. The minimum atomic E-state index is -3.13. The Bertz CT molecular complexity index is 409. The maximum absolute atomic E-state index is 12.4. The molecule has 1 rings (SSSR count). The second-order valence-electron chi connectivity index (χ2n) is 4.38. The van der Waals surface area contributed by atoms with Crippen LogP contribution in [0.1, 0.15) is 46.0 Å². The molecule has 17 heavy (non-hydrogen) atoms. The summed E-state index contributed by atoms with van der Waals surface area (Å²) in [6.07, 6.45) is 4.71. The van der Waals surface area contributed by atoms with E-state index in [1.54, 1.807) is 24.3 Å². The van der Waals surface area contributed by atoms with Crippen LogP contribution in [-0.2, 0) is 9.84 Å². The minimum absolute atomic E-state index is 0.226. The zero-order chi connectivity index (χ0) is 12.7. The normalized spacial score (nSPS) is 13.5. The molecule has 0 heterocycles. The van der Waals surface area contributed by atoms with Gasteiger partial charge in [-0.2, -0.15) is 0 Å². The molecule has 0 amide bonds. The lowest BCUT2D eigenvalue weighted by molar-refractivity contribution is 0.552. The third-order valence-corrected chi connectivity index (χ3v) is 5.47. The Morgan fingerprint density at radius 1 is 1.06 bits per heavy atom. The quantitative estimate of drug-likeness (QED) is 0.693. The third-order valence-electron chi connectivity index (χ3n) is 3.10. The lowest BCUT2D eigenvalue weighted by atomic mass is 10.1. The summed E-state index contributed by atoms with van der Waals surface area (Å²) in [6.45, 7) is 4.09. The Kier molecular flexibility index (Phi) is 5.69. The fraction of sp³-hybridized carbons (Fsp3) is 0.571. The van der Waals surface area contributed by atoms with Crippen molar-refractivity contribution < 1.29 is 8.42 Å². The van der Waals surface area contributed by atoms with Crippen LogP contribution >= 0.6 is 0 Å². The van der Waals surface area contributed by atoms with Crippen LogP contribution in [0.5, 0.6) is 0 Å². The van der Waals surface area contributed by atoms with E-state index in [1.165, 1.54) is 0 Å². The Labute approximate surface area is 105 Å². The highest BCUT2D eigenvalue weighted by Gasteiger charge is 2.24. The van der Waals surface area contributed by atoms with Crippen molar-refractivity contribution in [2.24, 2.45) is 0 Å². The fourth-order valence-corrected chi connectivity index (χ4v) is 3.84. The molecule has 96 valence electrons. The second-order valence-corrected chi connectivity index (χ2v) is 6.61. The molecular formula is C14H22O2S. The smallest absolute Gasteiger partial charge is 0.181 e. The van der Waals surface area contributed by atoms with Crippen LogP contribution in [0, 0.1) is 0 Å². The van der Waals surface area contributed by atoms with E-state index in [-0.39, 0.29) is 5.25 Å². The summed E-state index contributed by atoms with van der Waals surface area (Å²) in [5.41, 5.74) is 0. The highest BCUT2D eigenvalue weighted by molar-refractivity contribution is 7.92. The van der Waals surface area contributed by atoms with Crippen LogP contribution in [0.25, 0.3) is 0 Å². The first-order chi connectivity index (χ1) is 8.12. The largest absolute Gasteiger partial charge is 0.223 e. The van der Waals surface area contributed by atoms with Gasteiger partial charge in [0.15, 0.2) is 9.84 Å². The number of rotatable bonds is 7. The highest BCUT2D eigenvalue weighted by Crippen LogP contribution is 2.22.